The summed E-state index contributed by atoms with van der Waals surface area (Å²) in [4.78, 5) is 19.8. The van der Waals surface area contributed by atoms with Gasteiger partial charge in [-0.05, 0) is 75.5 Å². The SMILES string of the molecule is c1cc(-c2ccc(-n3c4ccccc4c4ccccc43)cc2)cc(-c2nc(-c3ccc(-c4cccc5ccccc45)cc3)nc(-c3cccc4oc5cnccc5c34)n2)c1. The van der Waals surface area contributed by atoms with Crippen molar-refractivity contribution in [3.8, 4) is 62.1 Å². The lowest BCUT2D eigenvalue weighted by atomic mass is 9.97. The average Bonchev–Trinajstić information content (AvgIpc) is 3.88. The molecule has 0 amide bonds. The van der Waals surface area contributed by atoms with Gasteiger partial charge < -0.3 is 8.98 Å². The van der Waals surface area contributed by atoms with Gasteiger partial charge in [0.2, 0.25) is 0 Å². The largest absolute Gasteiger partial charge is 0.454 e. The minimum Gasteiger partial charge on any atom is -0.454 e. The molecule has 0 atom stereocenters. The van der Waals surface area contributed by atoms with Gasteiger partial charge in [0.15, 0.2) is 23.1 Å². The number of para-hydroxylation sites is 2. The molecule has 0 N–H and O–H groups in total. The van der Waals surface area contributed by atoms with Gasteiger partial charge in [-0.25, -0.2) is 15.0 Å². The number of hydrogen-bond acceptors (Lipinski definition) is 5. The van der Waals surface area contributed by atoms with E-state index in [-0.39, 0.29) is 0 Å². The molecule has 0 saturated carbocycles. The number of nitrogens with zero attached hydrogens (tertiary/aromatic N) is 5. The molecule has 0 unspecified atom stereocenters. The Labute approximate surface area is 344 Å². The molecule has 6 nitrogen and oxygen atoms in total. The lowest BCUT2D eigenvalue weighted by Gasteiger charge is -2.12. The molecular weight excluding hydrogens is 735 g/mol. The van der Waals surface area contributed by atoms with Crippen molar-refractivity contribution in [1.29, 1.82) is 0 Å². The van der Waals surface area contributed by atoms with Crippen molar-refractivity contribution in [1.82, 2.24) is 24.5 Å². The molecule has 0 aliphatic heterocycles. The van der Waals surface area contributed by atoms with Gasteiger partial charge in [-0.2, -0.15) is 0 Å². The highest BCUT2D eigenvalue weighted by molar-refractivity contribution is 6.12. The van der Waals surface area contributed by atoms with Crippen LogP contribution in [0.25, 0.3) is 117 Å². The highest BCUT2D eigenvalue weighted by atomic mass is 16.3. The van der Waals surface area contributed by atoms with Gasteiger partial charge in [-0.15, -0.1) is 0 Å². The normalized spacial score (nSPS) is 11.7. The van der Waals surface area contributed by atoms with Gasteiger partial charge in [-0.1, -0.05) is 146 Å². The molecule has 0 bridgehead atoms. The summed E-state index contributed by atoms with van der Waals surface area (Å²) in [7, 11) is 0. The van der Waals surface area contributed by atoms with Crippen LogP contribution in [0, 0.1) is 0 Å². The quantitative estimate of drug-likeness (QED) is 0.168. The van der Waals surface area contributed by atoms with Crippen LogP contribution in [0.15, 0.2) is 205 Å². The van der Waals surface area contributed by atoms with Gasteiger partial charge in [-0.3, -0.25) is 4.98 Å². The number of fused-ring (bicyclic) bond motifs is 7. The summed E-state index contributed by atoms with van der Waals surface area (Å²) in [6, 6.07) is 65.9. The van der Waals surface area contributed by atoms with Crippen LogP contribution in [0.5, 0.6) is 0 Å². The fourth-order valence-corrected chi connectivity index (χ4v) is 8.74. The van der Waals surface area contributed by atoms with Gasteiger partial charge in [0.1, 0.15) is 5.58 Å². The molecule has 0 spiro atoms. The van der Waals surface area contributed by atoms with Crippen LogP contribution in [0.3, 0.4) is 0 Å². The van der Waals surface area contributed by atoms with Crippen LogP contribution in [0.1, 0.15) is 0 Å². The summed E-state index contributed by atoms with van der Waals surface area (Å²) in [5, 5.41) is 6.83. The van der Waals surface area contributed by atoms with Crippen LogP contribution in [0.4, 0.5) is 0 Å². The molecule has 6 heteroatoms. The first-order valence-corrected chi connectivity index (χ1v) is 20.0. The zero-order chi connectivity index (χ0) is 39.6. The Kier molecular flexibility index (Phi) is 7.74. The van der Waals surface area contributed by atoms with Crippen molar-refractivity contribution in [2.45, 2.75) is 0 Å². The van der Waals surface area contributed by atoms with E-state index in [4.69, 9.17) is 19.4 Å². The Bertz CT molecular complexity index is 3540. The Balaban J connectivity index is 0.972. The molecule has 12 rings (SSSR count). The summed E-state index contributed by atoms with van der Waals surface area (Å²) >= 11 is 0. The van der Waals surface area contributed by atoms with E-state index in [9.17, 15) is 0 Å². The maximum Gasteiger partial charge on any atom is 0.164 e. The second-order valence-corrected chi connectivity index (χ2v) is 15.1. The Morgan fingerprint density at radius 3 is 1.78 bits per heavy atom. The monoisotopic (exact) mass is 767 g/mol. The van der Waals surface area contributed by atoms with E-state index in [2.05, 4.69) is 179 Å². The molecule has 280 valence electrons. The molecule has 4 aromatic heterocycles. The van der Waals surface area contributed by atoms with Crippen molar-refractivity contribution >= 4 is 54.5 Å². The summed E-state index contributed by atoms with van der Waals surface area (Å²) in [6.45, 7) is 0. The fourth-order valence-electron chi connectivity index (χ4n) is 8.74. The number of rotatable bonds is 6. The van der Waals surface area contributed by atoms with Crippen LogP contribution >= 0.6 is 0 Å². The van der Waals surface area contributed by atoms with Crippen molar-refractivity contribution in [3.05, 3.63) is 200 Å². The van der Waals surface area contributed by atoms with E-state index < -0.39 is 0 Å². The van der Waals surface area contributed by atoms with Gasteiger partial charge in [0.25, 0.3) is 0 Å². The van der Waals surface area contributed by atoms with Crippen molar-refractivity contribution in [3.63, 3.8) is 0 Å². The Hall–Kier alpha value is -8.22. The van der Waals surface area contributed by atoms with E-state index in [1.165, 1.54) is 38.1 Å². The number of pyridine rings is 1. The van der Waals surface area contributed by atoms with Crippen molar-refractivity contribution in [2.75, 3.05) is 0 Å². The molecule has 8 aromatic carbocycles. The van der Waals surface area contributed by atoms with Crippen LogP contribution in [-0.4, -0.2) is 24.5 Å². The fraction of sp³-hybridized carbons (Fsp3) is 0. The van der Waals surface area contributed by atoms with Crippen LogP contribution in [0.2, 0.25) is 0 Å². The molecular formula is C54H33N5O. The van der Waals surface area contributed by atoms with Crippen molar-refractivity contribution in [2.24, 2.45) is 0 Å². The number of benzene rings is 8. The molecule has 0 radical (unpaired) electrons. The predicted octanol–water partition coefficient (Wildman–Crippen LogP) is 13.8. The van der Waals surface area contributed by atoms with Crippen molar-refractivity contribution < 1.29 is 4.42 Å². The van der Waals surface area contributed by atoms with Gasteiger partial charge in [0.05, 0.1) is 17.2 Å². The number of aromatic nitrogens is 5. The average molecular weight is 768 g/mol. The molecule has 0 aliphatic rings. The summed E-state index contributed by atoms with van der Waals surface area (Å²) in [5.74, 6) is 1.74. The second kappa shape index (κ2) is 13.7. The first-order chi connectivity index (χ1) is 29.7. The standard InChI is InChI=1S/C54H33N5O/c1-2-14-41-35(10-1)11-8-17-42(41)36-22-24-37(25-23-36)52-56-53(58-54(57-52)46-18-9-21-49-51(46)45-30-31-55-33-50(45)60-49)39-13-7-12-38(32-39)34-26-28-40(29-27-34)59-47-19-5-3-15-43(47)44-16-4-6-20-48(44)59/h1-33H. The summed E-state index contributed by atoms with van der Waals surface area (Å²) < 4.78 is 8.57. The summed E-state index contributed by atoms with van der Waals surface area (Å²) in [5.41, 5.74) is 12.1. The minimum atomic E-state index is 0.569. The zero-order valence-electron chi connectivity index (χ0n) is 32.2. The molecule has 0 aliphatic carbocycles. The van der Waals surface area contributed by atoms with E-state index >= 15 is 0 Å². The van der Waals surface area contributed by atoms with E-state index in [1.807, 2.05) is 18.2 Å². The Morgan fingerprint density at radius 1 is 0.383 bits per heavy atom. The first-order valence-electron chi connectivity index (χ1n) is 20.0. The van der Waals surface area contributed by atoms with E-state index in [1.54, 1.807) is 12.4 Å². The number of furan rings is 1. The van der Waals surface area contributed by atoms with Crippen LogP contribution < -0.4 is 0 Å². The third-order valence-corrected chi connectivity index (χ3v) is 11.6. The maximum atomic E-state index is 6.23. The third-order valence-electron chi connectivity index (χ3n) is 11.6. The molecule has 0 saturated heterocycles. The summed E-state index contributed by atoms with van der Waals surface area (Å²) in [6.07, 6.45) is 3.54. The van der Waals surface area contributed by atoms with Gasteiger partial charge in [0, 0.05) is 50.1 Å². The molecule has 4 heterocycles. The van der Waals surface area contributed by atoms with Crippen LogP contribution in [-0.2, 0) is 0 Å². The van der Waals surface area contributed by atoms with E-state index in [0.29, 0.717) is 17.5 Å². The number of hydrogen-bond donors (Lipinski definition) is 0. The Morgan fingerprint density at radius 2 is 0.983 bits per heavy atom. The van der Waals surface area contributed by atoms with E-state index in [0.717, 1.165) is 61.0 Å². The molecule has 12 aromatic rings. The lowest BCUT2D eigenvalue weighted by Crippen LogP contribution is -2.00. The smallest absolute Gasteiger partial charge is 0.164 e. The predicted molar refractivity (Wildman–Crippen MR) is 244 cm³/mol. The lowest BCUT2D eigenvalue weighted by molar-refractivity contribution is 0.667. The topological polar surface area (TPSA) is 69.6 Å². The highest BCUT2D eigenvalue weighted by Crippen LogP contribution is 2.38. The zero-order valence-corrected chi connectivity index (χ0v) is 32.2. The molecule has 0 fully saturated rings. The highest BCUT2D eigenvalue weighted by Gasteiger charge is 2.19. The molecule has 60 heavy (non-hydrogen) atoms. The van der Waals surface area contributed by atoms with Gasteiger partial charge >= 0.3 is 0 Å². The maximum absolute atomic E-state index is 6.23. The minimum absolute atomic E-state index is 0.569. The second-order valence-electron chi connectivity index (χ2n) is 15.1. The third kappa shape index (κ3) is 5.57. The first kappa shape index (κ1) is 33.9.